The summed E-state index contributed by atoms with van der Waals surface area (Å²) in [4.78, 5) is 0. The van der Waals surface area contributed by atoms with Crippen molar-refractivity contribution in [2.45, 2.75) is 0 Å². The maximum atomic E-state index is 6.70. The molecule has 10 aromatic carbocycles. The molecule has 0 aliphatic heterocycles. The monoisotopic (exact) mass is 712 g/mol. The second-order valence-electron chi connectivity index (χ2n) is 14.8. The Hall–Kier alpha value is -7.42. The zero-order chi connectivity index (χ0) is 36.7. The van der Waals surface area contributed by atoms with Crippen molar-refractivity contribution in [1.29, 1.82) is 0 Å². The number of furan rings is 2. The number of fused-ring (bicyclic) bond motifs is 10. The van der Waals surface area contributed by atoms with Crippen molar-refractivity contribution in [1.82, 2.24) is 0 Å². The molecule has 0 aliphatic rings. The molecule has 0 N–H and O–H groups in total. The van der Waals surface area contributed by atoms with Crippen LogP contribution in [0.15, 0.2) is 203 Å². The SMILES string of the molecule is c1ccc(-c2cc3oc4ccc5oc6ccccc6c5c4c3cc2-c2c3ccccc3c(-c3ccc(-c4ccc5ccccc5c4)cc3)c3ccccc23)cc1. The summed E-state index contributed by atoms with van der Waals surface area (Å²) in [5, 5.41) is 11.7. The number of rotatable bonds is 4. The van der Waals surface area contributed by atoms with Gasteiger partial charge in [-0.2, -0.15) is 0 Å². The van der Waals surface area contributed by atoms with E-state index in [4.69, 9.17) is 8.83 Å². The van der Waals surface area contributed by atoms with E-state index >= 15 is 0 Å². The van der Waals surface area contributed by atoms with Crippen molar-refractivity contribution in [3.63, 3.8) is 0 Å². The maximum absolute atomic E-state index is 6.70. The standard InChI is InChI=1S/C54H32O2/c1-2-13-35(14-3-1)44-32-50-46(54-49(56-50)29-28-48-53(54)43-20-10-11-21-47(43)55-48)31-45(44)52-41-18-8-6-16-39(41)51(40-17-7-9-19-42(40)52)36-25-22-34(23-26-36)38-27-24-33-12-4-5-15-37(33)30-38/h1-32H. The van der Waals surface area contributed by atoms with Gasteiger partial charge in [0, 0.05) is 21.5 Å². The zero-order valence-corrected chi connectivity index (χ0v) is 30.3. The number of hydrogen-bond acceptors (Lipinski definition) is 2. The summed E-state index contributed by atoms with van der Waals surface area (Å²) in [6.07, 6.45) is 0. The Bertz CT molecular complexity index is 3450. The van der Waals surface area contributed by atoms with Crippen molar-refractivity contribution in [3.05, 3.63) is 194 Å². The van der Waals surface area contributed by atoms with Crippen LogP contribution in [0.2, 0.25) is 0 Å². The van der Waals surface area contributed by atoms with Gasteiger partial charge in [0.25, 0.3) is 0 Å². The zero-order valence-electron chi connectivity index (χ0n) is 30.3. The van der Waals surface area contributed by atoms with E-state index in [-0.39, 0.29) is 0 Å². The third kappa shape index (κ3) is 4.63. The van der Waals surface area contributed by atoms with Crippen molar-refractivity contribution in [2.24, 2.45) is 0 Å². The van der Waals surface area contributed by atoms with Crippen molar-refractivity contribution < 1.29 is 8.83 Å². The van der Waals surface area contributed by atoms with Gasteiger partial charge in [0.2, 0.25) is 0 Å². The summed E-state index contributed by atoms with van der Waals surface area (Å²) in [6.45, 7) is 0. The van der Waals surface area contributed by atoms with Gasteiger partial charge in [-0.05, 0) is 113 Å². The van der Waals surface area contributed by atoms with Gasteiger partial charge in [0.15, 0.2) is 0 Å². The highest BCUT2D eigenvalue weighted by Crippen LogP contribution is 2.49. The Morgan fingerprint density at radius 2 is 0.786 bits per heavy atom. The smallest absolute Gasteiger partial charge is 0.136 e. The van der Waals surface area contributed by atoms with Gasteiger partial charge in [0.05, 0.1) is 0 Å². The molecular weight excluding hydrogens is 681 g/mol. The molecule has 2 heterocycles. The van der Waals surface area contributed by atoms with Crippen LogP contribution in [-0.2, 0) is 0 Å². The normalized spacial score (nSPS) is 11.9. The van der Waals surface area contributed by atoms with Crippen LogP contribution >= 0.6 is 0 Å². The third-order valence-corrected chi connectivity index (χ3v) is 11.7. The van der Waals surface area contributed by atoms with E-state index in [1.807, 2.05) is 24.3 Å². The minimum atomic E-state index is 0.854. The Balaban J connectivity index is 1.14. The van der Waals surface area contributed by atoms with E-state index in [1.165, 1.54) is 65.7 Å². The van der Waals surface area contributed by atoms with Gasteiger partial charge in [-0.25, -0.2) is 0 Å². The molecule has 0 saturated carbocycles. The lowest BCUT2D eigenvalue weighted by Crippen LogP contribution is -1.93. The average molecular weight is 713 g/mol. The van der Waals surface area contributed by atoms with Gasteiger partial charge < -0.3 is 8.83 Å². The molecule has 0 fully saturated rings. The average Bonchev–Trinajstić information content (AvgIpc) is 3.83. The molecule has 0 saturated heterocycles. The highest BCUT2D eigenvalue weighted by Gasteiger charge is 2.23. The molecule has 12 aromatic rings. The van der Waals surface area contributed by atoms with Crippen molar-refractivity contribution in [2.75, 3.05) is 0 Å². The Labute approximate surface area is 322 Å². The second kappa shape index (κ2) is 12.0. The highest BCUT2D eigenvalue weighted by molar-refractivity contribution is 6.28. The second-order valence-corrected chi connectivity index (χ2v) is 14.8. The van der Waals surface area contributed by atoms with Crippen molar-refractivity contribution in [3.8, 4) is 44.5 Å². The highest BCUT2D eigenvalue weighted by atomic mass is 16.3. The van der Waals surface area contributed by atoms with Crippen LogP contribution in [0.25, 0.3) is 121 Å². The molecule has 0 atom stereocenters. The van der Waals surface area contributed by atoms with Crippen LogP contribution in [-0.4, -0.2) is 0 Å². The van der Waals surface area contributed by atoms with Gasteiger partial charge in [0.1, 0.15) is 22.3 Å². The van der Waals surface area contributed by atoms with Gasteiger partial charge >= 0.3 is 0 Å². The van der Waals surface area contributed by atoms with Crippen LogP contribution < -0.4 is 0 Å². The molecule has 0 radical (unpaired) electrons. The lowest BCUT2D eigenvalue weighted by Gasteiger charge is -2.20. The molecule has 2 nitrogen and oxygen atoms in total. The lowest BCUT2D eigenvalue weighted by molar-refractivity contribution is 0.663. The number of benzene rings is 10. The van der Waals surface area contributed by atoms with E-state index < -0.39 is 0 Å². The molecule has 12 rings (SSSR count). The molecule has 0 bridgehead atoms. The molecule has 0 aliphatic carbocycles. The predicted molar refractivity (Wildman–Crippen MR) is 235 cm³/mol. The molecule has 56 heavy (non-hydrogen) atoms. The first-order valence-corrected chi connectivity index (χ1v) is 19.2. The van der Waals surface area contributed by atoms with E-state index in [9.17, 15) is 0 Å². The molecule has 0 amide bonds. The summed E-state index contributed by atoms with van der Waals surface area (Å²) < 4.78 is 13.1. The summed E-state index contributed by atoms with van der Waals surface area (Å²) in [6, 6.07) is 69.9. The van der Waals surface area contributed by atoms with Crippen LogP contribution in [0, 0.1) is 0 Å². The first-order valence-electron chi connectivity index (χ1n) is 19.2. The van der Waals surface area contributed by atoms with E-state index in [0.717, 1.165) is 55.0 Å². The van der Waals surface area contributed by atoms with Gasteiger partial charge in [-0.3, -0.25) is 0 Å². The number of hydrogen-bond donors (Lipinski definition) is 0. The first kappa shape index (κ1) is 31.0. The molecule has 2 heteroatoms. The summed E-state index contributed by atoms with van der Waals surface area (Å²) >= 11 is 0. The fourth-order valence-electron chi connectivity index (χ4n) is 9.12. The largest absolute Gasteiger partial charge is 0.456 e. The topological polar surface area (TPSA) is 26.3 Å². The van der Waals surface area contributed by atoms with Gasteiger partial charge in [-0.15, -0.1) is 0 Å². The molecule has 0 unspecified atom stereocenters. The number of para-hydroxylation sites is 1. The molecular formula is C54H32O2. The van der Waals surface area contributed by atoms with E-state index in [0.29, 0.717) is 0 Å². The minimum absolute atomic E-state index is 0.854. The minimum Gasteiger partial charge on any atom is -0.456 e. The lowest BCUT2D eigenvalue weighted by atomic mass is 9.83. The Morgan fingerprint density at radius 3 is 1.50 bits per heavy atom. The van der Waals surface area contributed by atoms with E-state index in [2.05, 4.69) is 170 Å². The fourth-order valence-corrected chi connectivity index (χ4v) is 9.12. The molecule has 260 valence electrons. The molecule has 2 aromatic heterocycles. The van der Waals surface area contributed by atoms with Crippen LogP contribution in [0.5, 0.6) is 0 Å². The maximum Gasteiger partial charge on any atom is 0.136 e. The molecule has 0 spiro atoms. The summed E-state index contributed by atoms with van der Waals surface area (Å²) in [7, 11) is 0. The van der Waals surface area contributed by atoms with Crippen LogP contribution in [0.4, 0.5) is 0 Å². The van der Waals surface area contributed by atoms with E-state index in [1.54, 1.807) is 0 Å². The summed E-state index contributed by atoms with van der Waals surface area (Å²) in [5.74, 6) is 0. The van der Waals surface area contributed by atoms with Crippen LogP contribution in [0.3, 0.4) is 0 Å². The fraction of sp³-hybridized carbons (Fsp3) is 0. The Kier molecular flexibility index (Phi) is 6.66. The summed E-state index contributed by atoms with van der Waals surface area (Å²) in [5.41, 5.74) is 13.0. The predicted octanol–water partition coefficient (Wildman–Crippen LogP) is 15.6. The quantitative estimate of drug-likeness (QED) is 0.170. The first-order chi connectivity index (χ1) is 27.8. The van der Waals surface area contributed by atoms with Crippen molar-refractivity contribution >= 4 is 76.2 Å². The van der Waals surface area contributed by atoms with Gasteiger partial charge in [-0.1, -0.05) is 158 Å². The Morgan fingerprint density at radius 1 is 0.250 bits per heavy atom. The van der Waals surface area contributed by atoms with Crippen LogP contribution in [0.1, 0.15) is 0 Å². The third-order valence-electron chi connectivity index (χ3n) is 11.7.